The number of amides is 1. The van der Waals surface area contributed by atoms with Crippen molar-refractivity contribution in [2.75, 3.05) is 25.0 Å². The highest BCUT2D eigenvalue weighted by atomic mass is 32.1. The summed E-state index contributed by atoms with van der Waals surface area (Å²) in [7, 11) is 0. The van der Waals surface area contributed by atoms with Gasteiger partial charge in [0.15, 0.2) is 11.7 Å². The van der Waals surface area contributed by atoms with E-state index in [1.54, 1.807) is 0 Å². The summed E-state index contributed by atoms with van der Waals surface area (Å²) in [5.41, 5.74) is 1.12. The lowest BCUT2D eigenvalue weighted by atomic mass is 9.99. The van der Waals surface area contributed by atoms with E-state index in [0.29, 0.717) is 5.13 Å². The Morgan fingerprint density at radius 3 is 2.75 bits per heavy atom. The van der Waals surface area contributed by atoms with E-state index in [4.69, 9.17) is 0 Å². The van der Waals surface area contributed by atoms with Crippen molar-refractivity contribution in [3.8, 4) is 5.88 Å². The number of anilines is 1. The lowest BCUT2D eigenvalue weighted by molar-refractivity contribution is -0.154. The molecule has 1 fully saturated rings. The smallest absolute Gasteiger partial charge is 0.422 e. The molecule has 0 unspecified atom stereocenters. The number of carbonyl (C=O) groups is 1. The Hall–Kier alpha value is -2.20. The van der Waals surface area contributed by atoms with Crippen molar-refractivity contribution in [2.45, 2.75) is 32.5 Å². The topological polar surface area (TPSA) is 67.4 Å². The number of alkyl halides is 3. The quantitative estimate of drug-likeness (QED) is 0.775. The van der Waals surface area contributed by atoms with Gasteiger partial charge in [0.2, 0.25) is 5.88 Å². The molecule has 0 radical (unpaired) electrons. The summed E-state index contributed by atoms with van der Waals surface area (Å²) in [5.74, 6) is 0.143. The summed E-state index contributed by atoms with van der Waals surface area (Å²) in [6, 6.07) is 2.59. The molecule has 1 saturated heterocycles. The maximum atomic E-state index is 12.3. The van der Waals surface area contributed by atoms with E-state index in [0.717, 1.165) is 31.2 Å². The van der Waals surface area contributed by atoms with Crippen LogP contribution in [0.1, 0.15) is 35.8 Å². The second-order valence-corrected chi connectivity index (χ2v) is 7.70. The molecule has 1 aliphatic heterocycles. The van der Waals surface area contributed by atoms with Gasteiger partial charge in [0.25, 0.3) is 5.91 Å². The molecule has 3 rings (SSSR count). The molecule has 0 aromatic carbocycles. The van der Waals surface area contributed by atoms with E-state index < -0.39 is 18.7 Å². The number of thiazole rings is 1. The van der Waals surface area contributed by atoms with Gasteiger partial charge < -0.3 is 4.74 Å². The lowest BCUT2D eigenvalue weighted by Crippen LogP contribution is -2.32. The van der Waals surface area contributed by atoms with E-state index in [9.17, 15) is 18.0 Å². The molecule has 1 N–H and O–H groups in total. The van der Waals surface area contributed by atoms with Crippen molar-refractivity contribution in [3.05, 3.63) is 35.0 Å². The molecule has 10 heteroatoms. The molecule has 6 nitrogen and oxygen atoms in total. The summed E-state index contributed by atoms with van der Waals surface area (Å²) < 4.78 is 40.9. The van der Waals surface area contributed by atoms with Gasteiger partial charge in [-0.2, -0.15) is 13.2 Å². The van der Waals surface area contributed by atoms with Crippen molar-refractivity contribution in [1.29, 1.82) is 0 Å². The van der Waals surface area contributed by atoms with Crippen LogP contribution in [0.15, 0.2) is 23.7 Å². The van der Waals surface area contributed by atoms with Crippen LogP contribution in [0.4, 0.5) is 18.3 Å². The fourth-order valence-electron chi connectivity index (χ4n) is 2.81. The van der Waals surface area contributed by atoms with Gasteiger partial charge in [-0.25, -0.2) is 9.97 Å². The predicted octanol–water partition coefficient (Wildman–Crippen LogP) is 3.96. The first-order valence-corrected chi connectivity index (χ1v) is 9.80. The molecule has 2 aromatic rings. The molecule has 3 heterocycles. The highest BCUT2D eigenvalue weighted by molar-refractivity contribution is 7.13. The fraction of sp³-hybridized carbons (Fsp3) is 0.500. The zero-order valence-corrected chi connectivity index (χ0v) is 16.1. The number of hydrogen-bond donors (Lipinski definition) is 1. The van der Waals surface area contributed by atoms with Crippen LogP contribution in [0.25, 0.3) is 0 Å². The third-order valence-corrected chi connectivity index (χ3v) is 5.22. The van der Waals surface area contributed by atoms with Gasteiger partial charge in [0, 0.05) is 24.2 Å². The Bertz CT molecular complexity index is 787. The number of carbonyl (C=O) groups excluding carboxylic acids is 1. The second-order valence-electron chi connectivity index (χ2n) is 6.85. The van der Waals surface area contributed by atoms with Crippen LogP contribution in [-0.4, -0.2) is 46.6 Å². The van der Waals surface area contributed by atoms with Crippen LogP contribution >= 0.6 is 11.3 Å². The zero-order valence-electron chi connectivity index (χ0n) is 15.3. The van der Waals surface area contributed by atoms with Crippen LogP contribution in [0.5, 0.6) is 5.88 Å². The van der Waals surface area contributed by atoms with Gasteiger partial charge in [-0.05, 0) is 37.9 Å². The number of likely N-dealkylation sites (tertiary alicyclic amines) is 1. The summed E-state index contributed by atoms with van der Waals surface area (Å²) in [4.78, 5) is 22.8. The Balaban J connectivity index is 1.51. The maximum absolute atomic E-state index is 12.3. The van der Waals surface area contributed by atoms with Crippen molar-refractivity contribution < 1.29 is 22.7 Å². The van der Waals surface area contributed by atoms with Crippen LogP contribution in [-0.2, 0) is 6.54 Å². The largest absolute Gasteiger partial charge is 0.468 e. The predicted molar refractivity (Wildman–Crippen MR) is 99.5 cm³/mol. The van der Waals surface area contributed by atoms with Gasteiger partial charge in [-0.3, -0.25) is 15.0 Å². The zero-order chi connectivity index (χ0) is 20.1. The monoisotopic (exact) mass is 414 g/mol. The number of piperidine rings is 1. The summed E-state index contributed by atoms with van der Waals surface area (Å²) >= 11 is 1.34. The first kappa shape index (κ1) is 20.5. The maximum Gasteiger partial charge on any atom is 0.422 e. The number of nitrogens with one attached hydrogen (secondary N) is 1. The lowest BCUT2D eigenvalue weighted by Gasteiger charge is -2.29. The summed E-state index contributed by atoms with van der Waals surface area (Å²) in [6.07, 6.45) is -0.899. The van der Waals surface area contributed by atoms with Crippen LogP contribution in [0, 0.1) is 5.92 Å². The molecule has 2 aromatic heterocycles. The number of halogens is 3. The second kappa shape index (κ2) is 8.87. The van der Waals surface area contributed by atoms with Gasteiger partial charge in [0.1, 0.15) is 0 Å². The van der Waals surface area contributed by atoms with Crippen LogP contribution < -0.4 is 10.1 Å². The minimum atomic E-state index is -4.44. The first-order chi connectivity index (χ1) is 13.3. The Kier molecular flexibility index (Phi) is 6.50. The van der Waals surface area contributed by atoms with E-state index in [-0.39, 0.29) is 11.4 Å². The van der Waals surface area contributed by atoms with Gasteiger partial charge in [-0.1, -0.05) is 6.92 Å². The van der Waals surface area contributed by atoms with E-state index in [1.807, 2.05) is 5.38 Å². The fourth-order valence-corrected chi connectivity index (χ4v) is 3.51. The minimum Gasteiger partial charge on any atom is -0.468 e. The number of nitrogens with zero attached hydrogens (tertiary/aromatic N) is 3. The van der Waals surface area contributed by atoms with Crippen LogP contribution in [0.3, 0.4) is 0 Å². The third kappa shape index (κ3) is 6.16. The molecule has 0 atom stereocenters. The molecule has 152 valence electrons. The Morgan fingerprint density at radius 2 is 2.11 bits per heavy atom. The van der Waals surface area contributed by atoms with Crippen LogP contribution in [0.2, 0.25) is 0 Å². The molecule has 0 bridgehead atoms. The summed E-state index contributed by atoms with van der Waals surface area (Å²) in [5, 5.41) is 5.08. The molecular weight excluding hydrogens is 393 g/mol. The molecule has 28 heavy (non-hydrogen) atoms. The Morgan fingerprint density at radius 1 is 1.36 bits per heavy atom. The van der Waals surface area contributed by atoms with Crippen molar-refractivity contribution in [1.82, 2.24) is 14.9 Å². The summed E-state index contributed by atoms with van der Waals surface area (Å²) in [6.45, 7) is 3.69. The average Bonchev–Trinajstić information content (AvgIpc) is 3.08. The Labute approximate surface area is 164 Å². The van der Waals surface area contributed by atoms with E-state index in [1.165, 1.54) is 42.5 Å². The number of ether oxygens (including phenoxy) is 1. The highest BCUT2D eigenvalue weighted by Gasteiger charge is 2.28. The molecule has 1 aliphatic rings. The van der Waals surface area contributed by atoms with Crippen molar-refractivity contribution >= 4 is 22.4 Å². The SMILES string of the molecule is CC1CCN(Cc2csc(NC(=O)c3ccc(OCC(F)(F)F)nc3)n2)CC1. The standard InChI is InChI=1S/C18H21F3N4O2S/c1-12-4-6-25(7-5-12)9-14-10-28-17(23-14)24-16(26)13-2-3-15(22-8-13)27-11-18(19,20)21/h2-3,8,10,12H,4-7,9,11H2,1H3,(H,23,24,26). The molecular formula is C18H21F3N4O2S. The first-order valence-electron chi connectivity index (χ1n) is 8.92. The molecule has 0 aliphatic carbocycles. The van der Waals surface area contributed by atoms with E-state index in [2.05, 4.69) is 31.8 Å². The van der Waals surface area contributed by atoms with Gasteiger partial charge >= 0.3 is 6.18 Å². The third-order valence-electron chi connectivity index (χ3n) is 4.42. The van der Waals surface area contributed by atoms with Crippen molar-refractivity contribution in [3.63, 3.8) is 0 Å². The average molecular weight is 414 g/mol. The van der Waals surface area contributed by atoms with Gasteiger partial charge in [0.05, 0.1) is 11.3 Å². The normalized spacial score (nSPS) is 16.1. The molecule has 1 amide bonds. The van der Waals surface area contributed by atoms with Gasteiger partial charge in [-0.15, -0.1) is 11.3 Å². The number of hydrogen-bond acceptors (Lipinski definition) is 6. The van der Waals surface area contributed by atoms with Crippen molar-refractivity contribution in [2.24, 2.45) is 5.92 Å². The number of aromatic nitrogens is 2. The minimum absolute atomic E-state index is 0.193. The highest BCUT2D eigenvalue weighted by Crippen LogP contribution is 2.22. The molecule has 0 saturated carbocycles. The number of pyridine rings is 1. The number of rotatable bonds is 6. The molecule has 0 spiro atoms. The van der Waals surface area contributed by atoms with E-state index >= 15 is 0 Å².